The number of aromatic nitrogens is 1. The van der Waals surface area contributed by atoms with E-state index in [4.69, 9.17) is 5.73 Å². The molecule has 0 amide bonds. The molecule has 94 valence electrons. The normalized spacial score (nSPS) is 12.3. The van der Waals surface area contributed by atoms with Gasteiger partial charge in [-0.1, -0.05) is 12.1 Å². The summed E-state index contributed by atoms with van der Waals surface area (Å²) in [5, 5.41) is 13.2. The number of aliphatic hydroxyl groups is 1. The number of benzene rings is 1. The summed E-state index contributed by atoms with van der Waals surface area (Å²) in [4.78, 5) is 3.95. The van der Waals surface area contributed by atoms with Crippen LogP contribution in [0.3, 0.4) is 0 Å². The lowest BCUT2D eigenvalue weighted by atomic mass is 10.1. The highest BCUT2D eigenvalue weighted by Crippen LogP contribution is 2.14. The highest BCUT2D eigenvalue weighted by molar-refractivity contribution is 5.41. The SMILES string of the molecule is Nc1cccc(C(O)CNCc2ccncc2)c1. The first kappa shape index (κ1) is 12.5. The smallest absolute Gasteiger partial charge is 0.0915 e. The summed E-state index contributed by atoms with van der Waals surface area (Å²) in [6, 6.07) is 11.2. The van der Waals surface area contributed by atoms with Crippen LogP contribution in [0.1, 0.15) is 17.2 Å². The molecule has 0 aliphatic rings. The first-order valence-corrected chi connectivity index (χ1v) is 5.89. The Labute approximate surface area is 106 Å². The summed E-state index contributed by atoms with van der Waals surface area (Å²) in [7, 11) is 0. The van der Waals surface area contributed by atoms with Crippen molar-refractivity contribution in [3.63, 3.8) is 0 Å². The molecule has 0 saturated heterocycles. The van der Waals surface area contributed by atoms with Crippen molar-refractivity contribution in [2.45, 2.75) is 12.6 Å². The maximum Gasteiger partial charge on any atom is 0.0915 e. The summed E-state index contributed by atoms with van der Waals surface area (Å²) in [5.74, 6) is 0. The van der Waals surface area contributed by atoms with Gasteiger partial charge in [0.1, 0.15) is 0 Å². The molecule has 0 saturated carbocycles. The van der Waals surface area contributed by atoms with E-state index in [1.807, 2.05) is 24.3 Å². The third-order valence-corrected chi connectivity index (χ3v) is 2.71. The van der Waals surface area contributed by atoms with Gasteiger partial charge in [0.15, 0.2) is 0 Å². The van der Waals surface area contributed by atoms with Gasteiger partial charge in [0.25, 0.3) is 0 Å². The van der Waals surface area contributed by atoms with E-state index in [0.29, 0.717) is 18.8 Å². The topological polar surface area (TPSA) is 71.2 Å². The second-order valence-corrected chi connectivity index (χ2v) is 4.17. The number of anilines is 1. The minimum atomic E-state index is -0.546. The molecule has 1 aromatic carbocycles. The Morgan fingerprint density at radius 3 is 2.72 bits per heavy atom. The van der Waals surface area contributed by atoms with Gasteiger partial charge in [0.05, 0.1) is 6.10 Å². The predicted molar refractivity (Wildman–Crippen MR) is 71.8 cm³/mol. The number of pyridine rings is 1. The van der Waals surface area contributed by atoms with Crippen LogP contribution in [0, 0.1) is 0 Å². The van der Waals surface area contributed by atoms with Gasteiger partial charge in [-0.2, -0.15) is 0 Å². The monoisotopic (exact) mass is 243 g/mol. The van der Waals surface area contributed by atoms with Crippen molar-refractivity contribution < 1.29 is 5.11 Å². The zero-order valence-electron chi connectivity index (χ0n) is 10.1. The second-order valence-electron chi connectivity index (χ2n) is 4.17. The Hall–Kier alpha value is -1.91. The molecule has 4 heteroatoms. The van der Waals surface area contributed by atoms with Gasteiger partial charge < -0.3 is 16.2 Å². The van der Waals surface area contributed by atoms with E-state index >= 15 is 0 Å². The molecule has 1 atom stereocenters. The third-order valence-electron chi connectivity index (χ3n) is 2.71. The van der Waals surface area contributed by atoms with Gasteiger partial charge in [-0.25, -0.2) is 0 Å². The number of nitrogens with two attached hydrogens (primary N) is 1. The van der Waals surface area contributed by atoms with E-state index in [1.165, 1.54) is 0 Å². The summed E-state index contributed by atoms with van der Waals surface area (Å²) in [6.45, 7) is 1.20. The van der Waals surface area contributed by atoms with Crippen molar-refractivity contribution in [3.05, 3.63) is 59.9 Å². The second kappa shape index (κ2) is 6.14. The zero-order chi connectivity index (χ0) is 12.8. The van der Waals surface area contributed by atoms with Crippen LogP contribution < -0.4 is 11.1 Å². The summed E-state index contributed by atoms with van der Waals surface area (Å²) in [5.41, 5.74) is 8.32. The number of nitrogen functional groups attached to an aromatic ring is 1. The Kier molecular flexibility index (Phi) is 4.28. The molecule has 0 spiro atoms. The average Bonchev–Trinajstić information content (AvgIpc) is 2.40. The predicted octanol–water partition coefficient (Wildman–Crippen LogP) is 1.49. The molecule has 1 aromatic heterocycles. The highest BCUT2D eigenvalue weighted by Gasteiger charge is 2.06. The highest BCUT2D eigenvalue weighted by atomic mass is 16.3. The van der Waals surface area contributed by atoms with Gasteiger partial charge >= 0.3 is 0 Å². The Bertz CT molecular complexity index is 487. The number of hydrogen-bond donors (Lipinski definition) is 3. The molecule has 0 aliphatic carbocycles. The molecule has 4 N–H and O–H groups in total. The molecule has 2 rings (SSSR count). The fraction of sp³-hybridized carbons (Fsp3) is 0.214. The van der Waals surface area contributed by atoms with E-state index in [0.717, 1.165) is 11.1 Å². The van der Waals surface area contributed by atoms with E-state index < -0.39 is 6.10 Å². The fourth-order valence-electron chi connectivity index (χ4n) is 1.74. The maximum absolute atomic E-state index is 9.99. The van der Waals surface area contributed by atoms with Gasteiger partial charge in [-0.3, -0.25) is 4.98 Å². The number of nitrogens with one attached hydrogen (secondary N) is 1. The number of hydrogen-bond acceptors (Lipinski definition) is 4. The Morgan fingerprint density at radius 1 is 1.22 bits per heavy atom. The molecular weight excluding hydrogens is 226 g/mol. The molecule has 4 nitrogen and oxygen atoms in total. The standard InChI is InChI=1S/C14H17N3O/c15-13-3-1-2-12(8-13)14(18)10-17-9-11-4-6-16-7-5-11/h1-8,14,17-18H,9-10,15H2. The van der Waals surface area contributed by atoms with Crippen molar-refractivity contribution in [1.82, 2.24) is 10.3 Å². The quantitative estimate of drug-likeness (QED) is 0.696. The van der Waals surface area contributed by atoms with Gasteiger partial charge in [0, 0.05) is 31.2 Å². The Balaban J connectivity index is 1.83. The van der Waals surface area contributed by atoms with Crippen LogP contribution in [0.25, 0.3) is 0 Å². The number of nitrogens with zero attached hydrogens (tertiary/aromatic N) is 1. The van der Waals surface area contributed by atoms with Crippen molar-refractivity contribution in [3.8, 4) is 0 Å². The van der Waals surface area contributed by atoms with Crippen LogP contribution in [0.2, 0.25) is 0 Å². The largest absolute Gasteiger partial charge is 0.399 e. The van der Waals surface area contributed by atoms with Gasteiger partial charge in [0.2, 0.25) is 0 Å². The first-order valence-electron chi connectivity index (χ1n) is 5.89. The lowest BCUT2D eigenvalue weighted by Crippen LogP contribution is -2.21. The molecule has 1 unspecified atom stereocenters. The summed E-state index contributed by atoms with van der Waals surface area (Å²) >= 11 is 0. The average molecular weight is 243 g/mol. The van der Waals surface area contributed by atoms with Crippen LogP contribution >= 0.6 is 0 Å². The van der Waals surface area contributed by atoms with Crippen LogP contribution in [0.4, 0.5) is 5.69 Å². The summed E-state index contributed by atoms with van der Waals surface area (Å²) in [6.07, 6.45) is 2.96. The minimum Gasteiger partial charge on any atom is -0.399 e. The zero-order valence-corrected chi connectivity index (χ0v) is 10.1. The Morgan fingerprint density at radius 2 is 2.00 bits per heavy atom. The van der Waals surface area contributed by atoms with Crippen molar-refractivity contribution in [2.24, 2.45) is 0 Å². The lowest BCUT2D eigenvalue weighted by Gasteiger charge is -2.12. The van der Waals surface area contributed by atoms with Crippen LogP contribution in [0.5, 0.6) is 0 Å². The fourth-order valence-corrected chi connectivity index (χ4v) is 1.74. The molecule has 0 fully saturated rings. The van der Waals surface area contributed by atoms with Crippen molar-refractivity contribution in [2.75, 3.05) is 12.3 Å². The van der Waals surface area contributed by atoms with Crippen LogP contribution in [-0.4, -0.2) is 16.6 Å². The molecule has 0 aliphatic heterocycles. The summed E-state index contributed by atoms with van der Waals surface area (Å²) < 4.78 is 0. The first-order chi connectivity index (χ1) is 8.75. The van der Waals surface area contributed by atoms with Gasteiger partial charge in [-0.15, -0.1) is 0 Å². The van der Waals surface area contributed by atoms with Crippen LogP contribution in [-0.2, 0) is 6.54 Å². The lowest BCUT2D eigenvalue weighted by molar-refractivity contribution is 0.174. The maximum atomic E-state index is 9.99. The van der Waals surface area contributed by atoms with E-state index in [1.54, 1.807) is 24.5 Å². The van der Waals surface area contributed by atoms with E-state index in [9.17, 15) is 5.11 Å². The molecule has 1 heterocycles. The number of aliphatic hydroxyl groups excluding tert-OH is 1. The third kappa shape index (κ3) is 3.55. The number of rotatable bonds is 5. The van der Waals surface area contributed by atoms with E-state index in [-0.39, 0.29) is 0 Å². The van der Waals surface area contributed by atoms with Crippen molar-refractivity contribution >= 4 is 5.69 Å². The molecule has 2 aromatic rings. The molecule has 0 bridgehead atoms. The van der Waals surface area contributed by atoms with Crippen molar-refractivity contribution in [1.29, 1.82) is 0 Å². The molecule has 0 radical (unpaired) electrons. The van der Waals surface area contributed by atoms with E-state index in [2.05, 4.69) is 10.3 Å². The minimum absolute atomic E-state index is 0.492. The van der Waals surface area contributed by atoms with Gasteiger partial charge in [-0.05, 0) is 35.4 Å². The molecule has 18 heavy (non-hydrogen) atoms. The molecular formula is C14H17N3O. The van der Waals surface area contributed by atoms with Crippen LogP contribution in [0.15, 0.2) is 48.8 Å².